The Kier molecular flexibility index (Phi) is 2.59. The van der Waals surface area contributed by atoms with Crippen molar-refractivity contribution in [3.63, 3.8) is 0 Å². The molecule has 0 fully saturated rings. The Bertz CT molecular complexity index is 687. The minimum atomic E-state index is -0.139. The van der Waals surface area contributed by atoms with Crippen LogP contribution in [0, 0.1) is 0 Å². The molecule has 0 unspecified atom stereocenters. The Morgan fingerprint density at radius 3 is 3.17 bits per heavy atom. The number of hydrogen-bond donors (Lipinski definition) is 1. The van der Waals surface area contributed by atoms with Gasteiger partial charge in [0.25, 0.3) is 0 Å². The SMILES string of the molecule is CCC(=O)N=c1nc2ccccc2c2n1CCN2. The van der Waals surface area contributed by atoms with Crippen molar-refractivity contribution in [1.29, 1.82) is 0 Å². The van der Waals surface area contributed by atoms with Crippen LogP contribution in [-0.4, -0.2) is 22.0 Å². The van der Waals surface area contributed by atoms with E-state index in [9.17, 15) is 4.79 Å². The van der Waals surface area contributed by atoms with Gasteiger partial charge in [-0.2, -0.15) is 4.99 Å². The van der Waals surface area contributed by atoms with Crippen LogP contribution >= 0.6 is 0 Å². The maximum absolute atomic E-state index is 11.5. The van der Waals surface area contributed by atoms with Crippen molar-refractivity contribution in [2.24, 2.45) is 4.99 Å². The zero-order chi connectivity index (χ0) is 12.5. The fraction of sp³-hybridized carbons (Fsp3) is 0.308. The summed E-state index contributed by atoms with van der Waals surface area (Å²) in [6, 6.07) is 7.88. The van der Waals surface area contributed by atoms with E-state index < -0.39 is 0 Å². The highest BCUT2D eigenvalue weighted by Gasteiger charge is 2.14. The summed E-state index contributed by atoms with van der Waals surface area (Å²) < 4.78 is 1.97. The van der Waals surface area contributed by atoms with E-state index in [1.54, 1.807) is 6.92 Å². The molecule has 5 nitrogen and oxygen atoms in total. The Hall–Kier alpha value is -2.17. The van der Waals surface area contributed by atoms with Gasteiger partial charge in [-0.05, 0) is 12.1 Å². The van der Waals surface area contributed by atoms with Gasteiger partial charge in [0.05, 0.1) is 5.52 Å². The summed E-state index contributed by atoms with van der Waals surface area (Å²) in [7, 11) is 0. The third-order valence-corrected chi connectivity index (χ3v) is 3.05. The lowest BCUT2D eigenvalue weighted by Gasteiger charge is -2.07. The fourth-order valence-corrected chi connectivity index (χ4v) is 2.15. The number of anilines is 1. The van der Waals surface area contributed by atoms with Crippen LogP contribution in [0.2, 0.25) is 0 Å². The molecule has 1 N–H and O–H groups in total. The minimum absolute atomic E-state index is 0.139. The summed E-state index contributed by atoms with van der Waals surface area (Å²) in [5, 5.41) is 4.39. The molecule has 0 saturated carbocycles. The maximum Gasteiger partial charge on any atom is 0.248 e. The highest BCUT2D eigenvalue weighted by atomic mass is 16.1. The predicted molar refractivity (Wildman–Crippen MR) is 69.1 cm³/mol. The standard InChI is InChI=1S/C13H14N4O/c1-2-11(18)16-13-15-10-6-4-3-5-9(10)12-14-7-8-17(12)13/h3-6,14H,2,7-8H2,1H3. The number of carbonyl (C=O) groups excluding carboxylic acids is 1. The van der Waals surface area contributed by atoms with Gasteiger partial charge in [0.15, 0.2) is 0 Å². The second-order valence-corrected chi connectivity index (χ2v) is 4.22. The van der Waals surface area contributed by atoms with Crippen molar-refractivity contribution in [1.82, 2.24) is 9.55 Å². The molecular weight excluding hydrogens is 228 g/mol. The Morgan fingerprint density at radius 2 is 2.33 bits per heavy atom. The number of fused-ring (bicyclic) bond motifs is 3. The van der Waals surface area contributed by atoms with Crippen LogP contribution in [0.4, 0.5) is 5.82 Å². The lowest BCUT2D eigenvalue weighted by Crippen LogP contribution is -2.24. The van der Waals surface area contributed by atoms with Gasteiger partial charge in [0.1, 0.15) is 5.82 Å². The zero-order valence-corrected chi connectivity index (χ0v) is 10.2. The lowest BCUT2D eigenvalue weighted by atomic mass is 10.2. The van der Waals surface area contributed by atoms with Gasteiger partial charge in [-0.15, -0.1) is 0 Å². The van der Waals surface area contributed by atoms with Crippen LogP contribution in [0.3, 0.4) is 0 Å². The molecule has 0 radical (unpaired) electrons. The van der Waals surface area contributed by atoms with Gasteiger partial charge < -0.3 is 5.32 Å². The highest BCUT2D eigenvalue weighted by Crippen LogP contribution is 2.22. The molecule has 1 aliphatic heterocycles. The molecule has 5 heteroatoms. The van der Waals surface area contributed by atoms with E-state index in [2.05, 4.69) is 15.3 Å². The van der Waals surface area contributed by atoms with Crippen LogP contribution in [0.5, 0.6) is 0 Å². The summed E-state index contributed by atoms with van der Waals surface area (Å²) in [5.74, 6) is 0.864. The van der Waals surface area contributed by atoms with E-state index in [0.29, 0.717) is 12.0 Å². The quantitative estimate of drug-likeness (QED) is 0.820. The molecule has 1 aromatic heterocycles. The first-order valence-electron chi connectivity index (χ1n) is 6.10. The van der Waals surface area contributed by atoms with E-state index in [-0.39, 0.29) is 5.91 Å². The van der Waals surface area contributed by atoms with Crippen LogP contribution in [0.15, 0.2) is 29.3 Å². The number of nitrogens with one attached hydrogen (secondary N) is 1. The summed E-state index contributed by atoms with van der Waals surface area (Å²) in [5.41, 5.74) is 1.36. The second kappa shape index (κ2) is 4.25. The van der Waals surface area contributed by atoms with Crippen LogP contribution in [-0.2, 0) is 11.3 Å². The molecule has 0 spiro atoms. The second-order valence-electron chi connectivity index (χ2n) is 4.22. The fourth-order valence-electron chi connectivity index (χ4n) is 2.15. The van der Waals surface area contributed by atoms with Crippen LogP contribution in [0.1, 0.15) is 13.3 Å². The number of rotatable bonds is 1. The smallest absolute Gasteiger partial charge is 0.248 e. The average molecular weight is 242 g/mol. The summed E-state index contributed by atoms with van der Waals surface area (Å²) in [6.07, 6.45) is 0.400. The van der Waals surface area contributed by atoms with Crippen LogP contribution in [0.25, 0.3) is 10.9 Å². The molecular formula is C13H14N4O. The Balaban J connectivity index is 2.34. The van der Waals surface area contributed by atoms with Gasteiger partial charge in [-0.1, -0.05) is 19.1 Å². The molecule has 2 aromatic rings. The molecule has 2 heterocycles. The van der Waals surface area contributed by atoms with Crippen molar-refractivity contribution in [3.05, 3.63) is 29.9 Å². The first kappa shape index (κ1) is 11.0. The van der Waals surface area contributed by atoms with E-state index in [1.807, 2.05) is 28.8 Å². The van der Waals surface area contributed by atoms with Crippen molar-refractivity contribution < 1.29 is 4.79 Å². The largest absolute Gasteiger partial charge is 0.369 e. The average Bonchev–Trinajstić information content (AvgIpc) is 2.88. The van der Waals surface area contributed by atoms with Crippen molar-refractivity contribution >= 4 is 22.6 Å². The van der Waals surface area contributed by atoms with E-state index >= 15 is 0 Å². The van der Waals surface area contributed by atoms with Gasteiger partial charge >= 0.3 is 0 Å². The molecule has 1 aliphatic rings. The first-order valence-corrected chi connectivity index (χ1v) is 6.10. The van der Waals surface area contributed by atoms with E-state index in [4.69, 9.17) is 0 Å². The number of benzene rings is 1. The molecule has 0 saturated heterocycles. The third-order valence-electron chi connectivity index (χ3n) is 3.05. The molecule has 1 aromatic carbocycles. The number of amides is 1. The summed E-state index contributed by atoms with van der Waals surface area (Å²) >= 11 is 0. The van der Waals surface area contributed by atoms with Crippen molar-refractivity contribution in [3.8, 4) is 0 Å². The molecule has 18 heavy (non-hydrogen) atoms. The van der Waals surface area contributed by atoms with Gasteiger partial charge in [0, 0.05) is 24.9 Å². The van der Waals surface area contributed by atoms with E-state index in [1.165, 1.54) is 0 Å². The number of nitrogens with zero attached hydrogens (tertiary/aromatic N) is 3. The highest BCUT2D eigenvalue weighted by molar-refractivity contribution is 5.89. The number of para-hydroxylation sites is 1. The Labute approximate surface area is 104 Å². The van der Waals surface area contributed by atoms with Gasteiger partial charge in [-0.3, -0.25) is 9.36 Å². The number of aromatic nitrogens is 2. The van der Waals surface area contributed by atoms with Crippen molar-refractivity contribution in [2.75, 3.05) is 11.9 Å². The normalized spacial score (nSPS) is 14.6. The number of carbonyl (C=O) groups is 1. The first-order chi connectivity index (χ1) is 8.79. The predicted octanol–water partition coefficient (Wildman–Crippen LogP) is 1.30. The molecule has 92 valence electrons. The molecule has 0 bridgehead atoms. The van der Waals surface area contributed by atoms with Gasteiger partial charge in [0.2, 0.25) is 11.5 Å². The van der Waals surface area contributed by atoms with Gasteiger partial charge in [-0.25, -0.2) is 4.98 Å². The molecule has 3 rings (SSSR count). The van der Waals surface area contributed by atoms with E-state index in [0.717, 1.165) is 29.8 Å². The number of hydrogen-bond acceptors (Lipinski definition) is 3. The summed E-state index contributed by atoms with van der Waals surface area (Å²) in [6.45, 7) is 3.44. The minimum Gasteiger partial charge on any atom is -0.369 e. The Morgan fingerprint density at radius 1 is 1.50 bits per heavy atom. The molecule has 0 atom stereocenters. The molecule has 0 aliphatic carbocycles. The van der Waals surface area contributed by atoms with Crippen LogP contribution < -0.4 is 10.9 Å². The summed E-state index contributed by atoms with van der Waals surface area (Å²) in [4.78, 5) is 20.0. The lowest BCUT2D eigenvalue weighted by molar-refractivity contribution is -0.117. The monoisotopic (exact) mass is 242 g/mol. The topological polar surface area (TPSA) is 59.3 Å². The molecule has 1 amide bonds. The third kappa shape index (κ3) is 1.68. The zero-order valence-electron chi connectivity index (χ0n) is 10.2. The van der Waals surface area contributed by atoms with Crippen molar-refractivity contribution in [2.45, 2.75) is 19.9 Å². The maximum atomic E-state index is 11.5.